The minimum absolute atomic E-state index is 0.0222. The number of nitro groups is 1. The van der Waals surface area contributed by atoms with E-state index in [9.17, 15) is 28.1 Å². The highest BCUT2D eigenvalue weighted by atomic mass is 32.2. The fourth-order valence-corrected chi connectivity index (χ4v) is 5.00. The molecule has 11 heteroatoms. The van der Waals surface area contributed by atoms with Crippen LogP contribution in [0.5, 0.6) is 5.75 Å². The number of carbonyl (C=O) groups excluding carboxylic acids is 2. The highest BCUT2D eigenvalue weighted by Crippen LogP contribution is 2.28. The molecule has 1 N–H and O–H groups in total. The Morgan fingerprint density at radius 1 is 1.00 bits per heavy atom. The molecule has 1 saturated heterocycles. The summed E-state index contributed by atoms with van der Waals surface area (Å²) in [6, 6.07) is 17.2. The van der Waals surface area contributed by atoms with E-state index in [4.69, 9.17) is 4.74 Å². The number of hydrogen-bond acceptors (Lipinski definition) is 7. The first kappa shape index (κ1) is 23.9. The molecule has 0 bridgehead atoms. The summed E-state index contributed by atoms with van der Waals surface area (Å²) in [6.07, 6.45) is 0.0600. The summed E-state index contributed by atoms with van der Waals surface area (Å²) in [4.78, 5) is 36.8. The van der Waals surface area contributed by atoms with Crippen molar-refractivity contribution in [1.82, 2.24) is 0 Å². The van der Waals surface area contributed by atoms with Crippen LogP contribution >= 0.6 is 0 Å². The highest BCUT2D eigenvalue weighted by molar-refractivity contribution is 7.91. The van der Waals surface area contributed by atoms with Crippen LogP contribution in [-0.2, 0) is 19.4 Å². The lowest BCUT2D eigenvalue weighted by molar-refractivity contribution is -0.384. The molecule has 3 aromatic rings. The molecule has 35 heavy (non-hydrogen) atoms. The zero-order valence-corrected chi connectivity index (χ0v) is 19.4. The first-order valence-corrected chi connectivity index (χ1v) is 12.0. The predicted octanol–water partition coefficient (Wildman–Crippen LogP) is 3.43. The van der Waals surface area contributed by atoms with E-state index < -0.39 is 20.7 Å². The van der Waals surface area contributed by atoms with Gasteiger partial charge in [0.1, 0.15) is 5.75 Å². The van der Waals surface area contributed by atoms with E-state index in [0.717, 1.165) is 12.1 Å². The first-order chi connectivity index (χ1) is 16.7. The number of nitrogens with zero attached hydrogens (tertiary/aromatic N) is 2. The molecule has 1 heterocycles. The molecule has 3 aromatic carbocycles. The van der Waals surface area contributed by atoms with Crippen LogP contribution < -0.4 is 15.0 Å². The normalized spacial score (nSPS) is 15.6. The van der Waals surface area contributed by atoms with Gasteiger partial charge in [0.05, 0.1) is 27.7 Å². The second-order valence-corrected chi connectivity index (χ2v) is 9.82. The van der Waals surface area contributed by atoms with Gasteiger partial charge < -0.3 is 15.0 Å². The number of carbonyl (C=O) groups is 2. The number of nitrogens with one attached hydrogen (secondary N) is 1. The van der Waals surface area contributed by atoms with Gasteiger partial charge in [0.2, 0.25) is 21.7 Å². The highest BCUT2D eigenvalue weighted by Gasteiger charge is 2.35. The quantitative estimate of drug-likeness (QED) is 0.392. The fraction of sp³-hybridized carbons (Fsp3) is 0.167. The Hall–Kier alpha value is -4.25. The molecule has 10 nitrogen and oxygen atoms in total. The number of sulfone groups is 1. The summed E-state index contributed by atoms with van der Waals surface area (Å²) in [5.74, 6) is -0.415. The second kappa shape index (κ2) is 9.55. The third kappa shape index (κ3) is 4.99. The molecular formula is C24H21N3O7S. The fourth-order valence-electron chi connectivity index (χ4n) is 3.74. The summed E-state index contributed by atoms with van der Waals surface area (Å²) >= 11 is 0. The first-order valence-electron chi connectivity index (χ1n) is 10.5. The van der Waals surface area contributed by atoms with E-state index >= 15 is 0 Å². The Labute approximate surface area is 201 Å². The Morgan fingerprint density at radius 2 is 1.57 bits per heavy atom. The van der Waals surface area contributed by atoms with Crippen LogP contribution in [-0.4, -0.2) is 38.8 Å². The lowest BCUT2D eigenvalue weighted by Crippen LogP contribution is -2.28. The maximum Gasteiger partial charge on any atom is 0.269 e. The van der Waals surface area contributed by atoms with Crippen LogP contribution in [0.3, 0.4) is 0 Å². The number of amides is 2. The monoisotopic (exact) mass is 495 g/mol. The Morgan fingerprint density at radius 3 is 2.11 bits per heavy atom. The van der Waals surface area contributed by atoms with Crippen molar-refractivity contribution in [3.63, 3.8) is 0 Å². The van der Waals surface area contributed by atoms with Gasteiger partial charge in [-0.25, -0.2) is 8.42 Å². The summed E-state index contributed by atoms with van der Waals surface area (Å²) in [5.41, 5.74) is 0.845. The average Bonchev–Trinajstić information content (AvgIpc) is 3.26. The molecule has 1 aliphatic rings. The SMILES string of the molecule is COc1ccc(N2CC(C(=O)Nc3ccc(S(=O)(=O)c4ccc([N+](=O)[O-])cc4)cc3)CC2=O)cc1. The molecule has 0 saturated carbocycles. The molecule has 1 aliphatic heterocycles. The number of methoxy groups -OCH3 is 1. The van der Waals surface area contributed by atoms with Gasteiger partial charge in [-0.3, -0.25) is 19.7 Å². The molecule has 0 aromatic heterocycles. The van der Waals surface area contributed by atoms with E-state index in [-0.39, 0.29) is 40.3 Å². The Bertz CT molecular complexity index is 1370. The minimum atomic E-state index is -3.89. The Balaban J connectivity index is 1.42. The summed E-state index contributed by atoms with van der Waals surface area (Å²) < 4.78 is 30.7. The van der Waals surface area contributed by atoms with Crippen LogP contribution in [0.25, 0.3) is 0 Å². The van der Waals surface area contributed by atoms with Crippen molar-refractivity contribution in [2.24, 2.45) is 5.92 Å². The molecule has 0 aliphatic carbocycles. The van der Waals surface area contributed by atoms with Gasteiger partial charge in [0, 0.05) is 36.5 Å². The van der Waals surface area contributed by atoms with Crippen molar-refractivity contribution in [1.29, 1.82) is 0 Å². The van der Waals surface area contributed by atoms with Gasteiger partial charge >= 0.3 is 0 Å². The van der Waals surface area contributed by atoms with Gasteiger partial charge in [-0.15, -0.1) is 0 Å². The largest absolute Gasteiger partial charge is 0.497 e. The smallest absolute Gasteiger partial charge is 0.269 e. The van der Waals surface area contributed by atoms with Gasteiger partial charge in [-0.1, -0.05) is 0 Å². The molecule has 2 amide bonds. The lowest BCUT2D eigenvalue weighted by atomic mass is 10.1. The number of benzene rings is 3. The minimum Gasteiger partial charge on any atom is -0.497 e. The second-order valence-electron chi connectivity index (χ2n) is 7.87. The van der Waals surface area contributed by atoms with Crippen LogP contribution in [0.1, 0.15) is 6.42 Å². The Kier molecular flexibility index (Phi) is 6.52. The van der Waals surface area contributed by atoms with Crippen LogP contribution in [0, 0.1) is 16.0 Å². The number of nitro benzene ring substituents is 1. The number of non-ortho nitro benzene ring substituents is 1. The van der Waals surface area contributed by atoms with Gasteiger partial charge in [0.25, 0.3) is 5.69 Å². The van der Waals surface area contributed by atoms with Crippen LogP contribution in [0.2, 0.25) is 0 Å². The number of anilines is 2. The van der Waals surface area contributed by atoms with Crippen molar-refractivity contribution < 1.29 is 27.7 Å². The number of ether oxygens (including phenoxy) is 1. The molecule has 0 spiro atoms. The summed E-state index contributed by atoms with van der Waals surface area (Å²) in [7, 11) is -2.34. The number of rotatable bonds is 7. The zero-order chi connectivity index (χ0) is 25.2. The van der Waals surface area contributed by atoms with Crippen molar-refractivity contribution in [2.45, 2.75) is 16.2 Å². The predicted molar refractivity (Wildman–Crippen MR) is 127 cm³/mol. The molecule has 4 rings (SSSR count). The molecule has 1 fully saturated rings. The maximum atomic E-state index is 12.8. The van der Waals surface area contributed by atoms with Gasteiger partial charge in [-0.2, -0.15) is 0 Å². The summed E-state index contributed by atoms with van der Waals surface area (Å²) in [6.45, 7) is 0.226. The van der Waals surface area contributed by atoms with E-state index in [0.29, 0.717) is 17.1 Å². The molecular weight excluding hydrogens is 474 g/mol. The molecule has 180 valence electrons. The topological polar surface area (TPSA) is 136 Å². The van der Waals surface area contributed by atoms with E-state index in [1.54, 1.807) is 36.3 Å². The van der Waals surface area contributed by atoms with Crippen molar-refractivity contribution in [2.75, 3.05) is 23.9 Å². The maximum absolute atomic E-state index is 12.8. The zero-order valence-electron chi connectivity index (χ0n) is 18.6. The third-order valence-corrected chi connectivity index (χ3v) is 7.46. The third-order valence-electron chi connectivity index (χ3n) is 5.67. The van der Waals surface area contributed by atoms with Crippen molar-refractivity contribution >= 4 is 38.7 Å². The molecule has 1 unspecified atom stereocenters. The summed E-state index contributed by atoms with van der Waals surface area (Å²) in [5, 5.41) is 13.5. The van der Waals surface area contributed by atoms with Crippen molar-refractivity contribution in [3.05, 3.63) is 82.9 Å². The van der Waals surface area contributed by atoms with E-state index in [1.165, 1.54) is 36.4 Å². The van der Waals surface area contributed by atoms with Crippen molar-refractivity contribution in [3.8, 4) is 5.75 Å². The van der Waals surface area contributed by atoms with Crippen LogP contribution in [0.4, 0.5) is 17.1 Å². The van der Waals surface area contributed by atoms with E-state index in [2.05, 4.69) is 5.32 Å². The molecule has 0 radical (unpaired) electrons. The van der Waals surface area contributed by atoms with Gasteiger partial charge in [-0.05, 0) is 60.7 Å². The van der Waals surface area contributed by atoms with Gasteiger partial charge in [0.15, 0.2) is 0 Å². The standard InChI is InChI=1S/C24H21N3O7S/c1-34-20-8-4-18(5-9-20)26-15-16(14-23(26)28)24(29)25-17-2-10-21(11-3-17)35(32,33)22-12-6-19(7-13-22)27(30)31/h2-13,16H,14-15H2,1H3,(H,25,29). The van der Waals surface area contributed by atoms with E-state index in [1.807, 2.05) is 0 Å². The lowest BCUT2D eigenvalue weighted by Gasteiger charge is -2.17. The molecule has 1 atom stereocenters. The average molecular weight is 496 g/mol. The van der Waals surface area contributed by atoms with Crippen LogP contribution in [0.15, 0.2) is 82.6 Å². The number of hydrogen-bond donors (Lipinski definition) is 1.